The molecule has 1 aromatic rings. The first-order valence-electron chi connectivity index (χ1n) is 5.98. The van der Waals surface area contributed by atoms with Gasteiger partial charge >= 0.3 is 0 Å². The zero-order valence-corrected chi connectivity index (χ0v) is 11.5. The molecule has 1 aliphatic heterocycles. The predicted octanol–water partition coefficient (Wildman–Crippen LogP) is 2.74. The summed E-state index contributed by atoms with van der Waals surface area (Å²) in [6.45, 7) is 2.12. The van der Waals surface area contributed by atoms with E-state index in [2.05, 4.69) is 21.2 Å². The van der Waals surface area contributed by atoms with Gasteiger partial charge in [-0.25, -0.2) is 4.39 Å². The Bertz CT molecular complexity index is 413. The van der Waals surface area contributed by atoms with Gasteiger partial charge in [-0.2, -0.15) is 0 Å². The van der Waals surface area contributed by atoms with Crippen LogP contribution in [0.1, 0.15) is 23.2 Å². The lowest BCUT2D eigenvalue weighted by Gasteiger charge is -2.10. The van der Waals surface area contributed by atoms with E-state index < -0.39 is 5.82 Å². The van der Waals surface area contributed by atoms with Crippen LogP contribution in [0.25, 0.3) is 0 Å². The molecule has 0 bridgehead atoms. The van der Waals surface area contributed by atoms with Crippen molar-refractivity contribution < 1.29 is 13.9 Å². The number of hydrogen-bond acceptors (Lipinski definition) is 2. The molecule has 3 nitrogen and oxygen atoms in total. The first-order chi connectivity index (χ1) is 8.68. The van der Waals surface area contributed by atoms with Gasteiger partial charge in [0.05, 0.1) is 5.56 Å². The Labute approximate surface area is 114 Å². The molecule has 1 aromatic carbocycles. The number of carbonyl (C=O) groups excluding carboxylic acids is 1. The SMILES string of the molecule is O=C(NCCC1CCOC1)c1c(F)cccc1Br. The number of halogens is 2. The van der Waals surface area contributed by atoms with Gasteiger partial charge in [0.25, 0.3) is 5.91 Å². The Morgan fingerprint density at radius 3 is 3.06 bits per heavy atom. The highest BCUT2D eigenvalue weighted by Crippen LogP contribution is 2.20. The summed E-state index contributed by atoms with van der Waals surface area (Å²) in [5, 5.41) is 2.74. The summed E-state index contributed by atoms with van der Waals surface area (Å²) in [4.78, 5) is 11.8. The van der Waals surface area contributed by atoms with Crippen LogP contribution in [-0.2, 0) is 4.74 Å². The Morgan fingerprint density at radius 1 is 1.56 bits per heavy atom. The molecule has 18 heavy (non-hydrogen) atoms. The van der Waals surface area contributed by atoms with E-state index in [9.17, 15) is 9.18 Å². The second kappa shape index (κ2) is 6.29. The third kappa shape index (κ3) is 3.29. The van der Waals surface area contributed by atoms with E-state index in [1.807, 2.05) is 0 Å². The van der Waals surface area contributed by atoms with E-state index in [-0.39, 0.29) is 11.5 Å². The van der Waals surface area contributed by atoms with Crippen LogP contribution in [0, 0.1) is 11.7 Å². The van der Waals surface area contributed by atoms with Crippen molar-refractivity contribution in [2.75, 3.05) is 19.8 Å². The fraction of sp³-hybridized carbons (Fsp3) is 0.462. The lowest BCUT2D eigenvalue weighted by atomic mass is 10.1. The van der Waals surface area contributed by atoms with Crippen molar-refractivity contribution in [2.24, 2.45) is 5.92 Å². The van der Waals surface area contributed by atoms with Crippen molar-refractivity contribution >= 4 is 21.8 Å². The maximum atomic E-state index is 13.5. The van der Waals surface area contributed by atoms with Gasteiger partial charge in [0.2, 0.25) is 0 Å². The van der Waals surface area contributed by atoms with Gasteiger partial charge in [-0.05, 0) is 46.8 Å². The molecule has 0 aliphatic carbocycles. The Balaban J connectivity index is 1.87. The largest absolute Gasteiger partial charge is 0.381 e. The number of nitrogens with one attached hydrogen (secondary N) is 1. The van der Waals surface area contributed by atoms with Crippen molar-refractivity contribution in [1.29, 1.82) is 0 Å². The summed E-state index contributed by atoms with van der Waals surface area (Å²) in [5.74, 6) is -0.376. The molecule has 1 atom stereocenters. The van der Waals surface area contributed by atoms with Gasteiger partial charge in [0.1, 0.15) is 5.82 Å². The van der Waals surface area contributed by atoms with Crippen LogP contribution >= 0.6 is 15.9 Å². The number of carbonyl (C=O) groups is 1. The molecule has 5 heteroatoms. The van der Waals surface area contributed by atoms with Crippen molar-refractivity contribution in [3.05, 3.63) is 34.1 Å². The van der Waals surface area contributed by atoms with Gasteiger partial charge in [-0.3, -0.25) is 4.79 Å². The first-order valence-corrected chi connectivity index (χ1v) is 6.77. The monoisotopic (exact) mass is 315 g/mol. The molecule has 2 rings (SSSR count). The highest BCUT2D eigenvalue weighted by Gasteiger charge is 2.17. The fourth-order valence-electron chi connectivity index (χ4n) is 2.00. The molecule has 1 amide bonds. The molecule has 98 valence electrons. The molecule has 1 aliphatic rings. The molecule has 0 saturated carbocycles. The van der Waals surface area contributed by atoms with Crippen LogP contribution in [0.4, 0.5) is 4.39 Å². The summed E-state index contributed by atoms with van der Waals surface area (Å²) >= 11 is 3.19. The van der Waals surface area contributed by atoms with E-state index in [1.54, 1.807) is 12.1 Å². The van der Waals surface area contributed by atoms with Gasteiger partial charge in [0.15, 0.2) is 0 Å². The number of amides is 1. The summed E-state index contributed by atoms with van der Waals surface area (Å²) < 4.78 is 19.3. The third-order valence-electron chi connectivity index (χ3n) is 3.05. The van der Waals surface area contributed by atoms with Crippen LogP contribution in [-0.4, -0.2) is 25.7 Å². The molecule has 0 spiro atoms. The van der Waals surface area contributed by atoms with Crippen molar-refractivity contribution in [2.45, 2.75) is 12.8 Å². The number of benzene rings is 1. The fourth-order valence-corrected chi connectivity index (χ4v) is 2.53. The van der Waals surface area contributed by atoms with Crippen LogP contribution in [0.5, 0.6) is 0 Å². The second-order valence-electron chi connectivity index (χ2n) is 4.37. The lowest BCUT2D eigenvalue weighted by molar-refractivity contribution is 0.0945. The zero-order chi connectivity index (χ0) is 13.0. The van der Waals surface area contributed by atoms with Crippen molar-refractivity contribution in [1.82, 2.24) is 5.32 Å². The lowest BCUT2D eigenvalue weighted by Crippen LogP contribution is -2.27. The highest BCUT2D eigenvalue weighted by atomic mass is 79.9. The van der Waals surface area contributed by atoms with Crippen LogP contribution in [0.15, 0.2) is 22.7 Å². The minimum atomic E-state index is -0.508. The van der Waals surface area contributed by atoms with E-state index in [4.69, 9.17) is 4.74 Å². The average Bonchev–Trinajstić information content (AvgIpc) is 2.82. The number of hydrogen-bond donors (Lipinski definition) is 1. The number of ether oxygens (including phenoxy) is 1. The maximum absolute atomic E-state index is 13.5. The zero-order valence-electron chi connectivity index (χ0n) is 9.92. The van der Waals surface area contributed by atoms with Crippen molar-refractivity contribution in [3.8, 4) is 0 Å². The molecular weight excluding hydrogens is 301 g/mol. The summed E-state index contributed by atoms with van der Waals surface area (Å²) in [6, 6.07) is 4.50. The van der Waals surface area contributed by atoms with E-state index in [1.165, 1.54) is 6.07 Å². The maximum Gasteiger partial charge on any atom is 0.255 e. The van der Waals surface area contributed by atoms with Crippen LogP contribution < -0.4 is 5.32 Å². The van der Waals surface area contributed by atoms with E-state index in [0.29, 0.717) is 16.9 Å². The quantitative estimate of drug-likeness (QED) is 0.927. The van der Waals surface area contributed by atoms with E-state index in [0.717, 1.165) is 26.1 Å². The summed E-state index contributed by atoms with van der Waals surface area (Å²) in [7, 11) is 0. The third-order valence-corrected chi connectivity index (χ3v) is 3.71. The molecule has 1 N–H and O–H groups in total. The molecule has 1 unspecified atom stereocenters. The van der Waals surface area contributed by atoms with Gasteiger partial charge in [-0.15, -0.1) is 0 Å². The minimum Gasteiger partial charge on any atom is -0.381 e. The Kier molecular flexibility index (Phi) is 4.72. The molecular formula is C13H15BrFNO2. The predicted molar refractivity (Wildman–Crippen MR) is 70.0 cm³/mol. The minimum absolute atomic E-state index is 0.0696. The Morgan fingerprint density at radius 2 is 2.39 bits per heavy atom. The molecule has 1 saturated heterocycles. The van der Waals surface area contributed by atoms with Gasteiger partial charge in [-0.1, -0.05) is 6.07 Å². The second-order valence-corrected chi connectivity index (χ2v) is 5.23. The van der Waals surface area contributed by atoms with Gasteiger partial charge in [0, 0.05) is 24.2 Å². The van der Waals surface area contributed by atoms with E-state index >= 15 is 0 Å². The standard InChI is InChI=1S/C13H15BrFNO2/c14-10-2-1-3-11(15)12(10)13(17)16-6-4-9-5-7-18-8-9/h1-3,9H,4-8H2,(H,16,17). The van der Waals surface area contributed by atoms with Crippen molar-refractivity contribution in [3.63, 3.8) is 0 Å². The molecule has 0 radical (unpaired) electrons. The normalized spacial score (nSPS) is 18.9. The Hall–Kier alpha value is -0.940. The van der Waals surface area contributed by atoms with Crippen LogP contribution in [0.2, 0.25) is 0 Å². The van der Waals surface area contributed by atoms with Crippen LogP contribution in [0.3, 0.4) is 0 Å². The molecule has 1 fully saturated rings. The average molecular weight is 316 g/mol. The summed E-state index contributed by atoms with van der Waals surface area (Å²) in [5.41, 5.74) is 0.0696. The number of rotatable bonds is 4. The highest BCUT2D eigenvalue weighted by molar-refractivity contribution is 9.10. The van der Waals surface area contributed by atoms with Gasteiger partial charge < -0.3 is 10.1 Å². The molecule has 0 aromatic heterocycles. The summed E-state index contributed by atoms with van der Waals surface area (Å²) in [6.07, 6.45) is 1.91. The smallest absolute Gasteiger partial charge is 0.255 e. The topological polar surface area (TPSA) is 38.3 Å². The molecule has 1 heterocycles. The first kappa shape index (κ1) is 13.5.